The van der Waals surface area contributed by atoms with Crippen molar-refractivity contribution in [2.45, 2.75) is 31.9 Å². The Morgan fingerprint density at radius 1 is 1.25 bits per heavy atom. The Morgan fingerprint density at radius 2 is 2.05 bits per heavy atom. The molecule has 2 aliphatic heterocycles. The van der Waals surface area contributed by atoms with Gasteiger partial charge in [0.25, 0.3) is 0 Å². The maximum Gasteiger partial charge on any atom is 0.333 e. The Bertz CT molecular complexity index is 1430. The number of anilines is 2. The quantitative estimate of drug-likeness (QED) is 0.394. The monoisotopic (exact) mass is 556 g/mol. The summed E-state index contributed by atoms with van der Waals surface area (Å²) in [5, 5.41) is 9.92. The summed E-state index contributed by atoms with van der Waals surface area (Å²) >= 11 is 0. The van der Waals surface area contributed by atoms with E-state index >= 15 is 0 Å². The Kier molecular flexibility index (Phi) is 6.82. The molecular weight excluding hydrogens is 526 g/mol. The summed E-state index contributed by atoms with van der Waals surface area (Å²) in [5.41, 5.74) is 1.24. The van der Waals surface area contributed by atoms with Crippen LogP contribution in [0.5, 0.6) is 0 Å². The van der Waals surface area contributed by atoms with Gasteiger partial charge in [-0.05, 0) is 25.3 Å². The fourth-order valence-corrected chi connectivity index (χ4v) is 5.77. The molecular formula is C25H30F2N10O3. The van der Waals surface area contributed by atoms with E-state index in [-0.39, 0.29) is 29.8 Å². The number of imidazole rings is 1. The van der Waals surface area contributed by atoms with Gasteiger partial charge in [0.1, 0.15) is 6.33 Å². The lowest BCUT2D eigenvalue weighted by Crippen LogP contribution is -2.57. The van der Waals surface area contributed by atoms with Crippen LogP contribution in [0.15, 0.2) is 31.4 Å². The number of nitrogens with one attached hydrogen (secondary N) is 2. The van der Waals surface area contributed by atoms with Gasteiger partial charge in [-0.15, -0.1) is 0 Å². The highest BCUT2D eigenvalue weighted by Crippen LogP contribution is 2.45. The third-order valence-electron chi connectivity index (χ3n) is 7.77. The Morgan fingerprint density at radius 3 is 2.77 bits per heavy atom. The molecule has 3 aliphatic rings. The van der Waals surface area contributed by atoms with Crippen LogP contribution in [-0.4, -0.2) is 98.0 Å². The highest BCUT2D eigenvalue weighted by Gasteiger charge is 2.49. The van der Waals surface area contributed by atoms with Crippen LogP contribution in [0.3, 0.4) is 0 Å². The topological polar surface area (TPSA) is 135 Å². The van der Waals surface area contributed by atoms with Crippen molar-refractivity contribution in [3.05, 3.63) is 31.4 Å². The third kappa shape index (κ3) is 4.96. The van der Waals surface area contributed by atoms with Gasteiger partial charge >= 0.3 is 6.55 Å². The summed E-state index contributed by atoms with van der Waals surface area (Å²) < 4.78 is 33.8. The molecule has 0 bridgehead atoms. The van der Waals surface area contributed by atoms with Crippen molar-refractivity contribution in [3.63, 3.8) is 0 Å². The molecule has 1 atom stereocenters. The van der Waals surface area contributed by atoms with E-state index in [0.717, 1.165) is 19.3 Å². The summed E-state index contributed by atoms with van der Waals surface area (Å²) in [7, 11) is 0. The SMILES string of the molecule is C=CC(=O)N1CC2(CCC(NC(=O)CNc3nc(N4CCOCC4)nc4c3ncn4-c3cnn(C(F)F)c3)C2)C1. The first-order valence-corrected chi connectivity index (χ1v) is 13.2. The van der Waals surface area contributed by atoms with Crippen LogP contribution in [0, 0.1) is 5.41 Å². The molecule has 1 spiro atoms. The smallest absolute Gasteiger partial charge is 0.333 e. The van der Waals surface area contributed by atoms with Gasteiger partial charge in [-0.1, -0.05) is 6.58 Å². The van der Waals surface area contributed by atoms with Crippen molar-refractivity contribution in [1.82, 2.24) is 39.5 Å². The molecule has 212 valence electrons. The number of likely N-dealkylation sites (tertiary alicyclic amines) is 1. The van der Waals surface area contributed by atoms with Gasteiger partial charge in [0.15, 0.2) is 17.0 Å². The first kappa shape index (κ1) is 26.1. The maximum atomic E-state index is 13.1. The predicted molar refractivity (Wildman–Crippen MR) is 140 cm³/mol. The average molecular weight is 557 g/mol. The number of fused-ring (bicyclic) bond motifs is 1. The van der Waals surface area contributed by atoms with E-state index in [1.807, 2.05) is 4.90 Å². The second-order valence-corrected chi connectivity index (χ2v) is 10.5. The normalized spacial score (nSPS) is 20.2. The highest BCUT2D eigenvalue weighted by atomic mass is 19.3. The number of carbonyl (C=O) groups excluding carboxylic acids is 2. The number of morpholine rings is 1. The maximum absolute atomic E-state index is 13.1. The molecule has 0 radical (unpaired) electrons. The number of ether oxygens (including phenoxy) is 1. The average Bonchev–Trinajstić information content (AvgIpc) is 3.69. The number of hydrogen-bond acceptors (Lipinski definition) is 9. The summed E-state index contributed by atoms with van der Waals surface area (Å²) in [5.74, 6) is 0.545. The molecule has 3 aromatic rings. The van der Waals surface area contributed by atoms with E-state index in [2.05, 4.69) is 37.3 Å². The molecule has 1 unspecified atom stereocenters. The molecule has 6 rings (SSSR count). The number of halogens is 2. The van der Waals surface area contributed by atoms with Crippen molar-refractivity contribution >= 4 is 34.7 Å². The van der Waals surface area contributed by atoms with E-state index in [0.29, 0.717) is 72.7 Å². The molecule has 2 amide bonds. The summed E-state index contributed by atoms with van der Waals surface area (Å²) in [6, 6.07) is 0.0372. The lowest BCUT2D eigenvalue weighted by molar-refractivity contribution is -0.137. The van der Waals surface area contributed by atoms with Gasteiger partial charge in [0.05, 0.1) is 37.8 Å². The van der Waals surface area contributed by atoms with Crippen LogP contribution in [0.1, 0.15) is 25.8 Å². The Hall–Kier alpha value is -4.14. The number of aromatic nitrogens is 6. The molecule has 15 heteroatoms. The van der Waals surface area contributed by atoms with Crippen LogP contribution in [0.4, 0.5) is 20.5 Å². The van der Waals surface area contributed by atoms with Crippen LogP contribution in [0.25, 0.3) is 16.9 Å². The third-order valence-corrected chi connectivity index (χ3v) is 7.77. The number of nitrogens with zero attached hydrogens (tertiary/aromatic N) is 8. The number of rotatable bonds is 8. The second kappa shape index (κ2) is 10.4. The molecule has 3 aromatic heterocycles. The fraction of sp³-hybridized carbons (Fsp3) is 0.520. The van der Waals surface area contributed by atoms with E-state index in [9.17, 15) is 18.4 Å². The van der Waals surface area contributed by atoms with Crippen LogP contribution >= 0.6 is 0 Å². The minimum atomic E-state index is -2.77. The largest absolute Gasteiger partial charge is 0.378 e. The molecule has 5 heterocycles. The molecule has 3 fully saturated rings. The molecule has 0 aromatic carbocycles. The Labute approximate surface area is 228 Å². The van der Waals surface area contributed by atoms with Crippen molar-refractivity contribution < 1.29 is 23.1 Å². The van der Waals surface area contributed by atoms with Crippen LogP contribution < -0.4 is 15.5 Å². The fourth-order valence-electron chi connectivity index (χ4n) is 5.77. The van der Waals surface area contributed by atoms with Crippen LogP contribution in [0.2, 0.25) is 0 Å². The van der Waals surface area contributed by atoms with Gasteiger partial charge in [-0.2, -0.15) is 23.8 Å². The van der Waals surface area contributed by atoms with Crippen molar-refractivity contribution in [2.75, 3.05) is 56.2 Å². The number of carbonyl (C=O) groups is 2. The van der Waals surface area contributed by atoms with Crippen LogP contribution in [-0.2, 0) is 14.3 Å². The lowest BCUT2D eigenvalue weighted by atomic mass is 9.78. The first-order valence-electron chi connectivity index (χ1n) is 13.2. The van der Waals surface area contributed by atoms with Gasteiger partial charge in [0.2, 0.25) is 17.8 Å². The highest BCUT2D eigenvalue weighted by molar-refractivity contribution is 5.89. The van der Waals surface area contributed by atoms with E-state index in [1.165, 1.54) is 24.8 Å². The molecule has 2 saturated heterocycles. The molecule has 40 heavy (non-hydrogen) atoms. The standard InChI is InChI=1S/C25H30F2N10O3/c1-2-19(39)35-13-25(14-35)4-3-16(9-25)31-18(38)11-28-21-20-22(33-24(32-21)34-5-7-40-8-6-34)36(15-29-20)17-10-30-37(12-17)23(26)27/h2,10,12,15-16,23H,1,3-9,11,13-14H2,(H,31,38)(H,28,32,33). The zero-order valence-corrected chi connectivity index (χ0v) is 21.8. The summed E-state index contributed by atoms with van der Waals surface area (Å²) in [6.45, 7) is 4.35. The lowest BCUT2D eigenvalue weighted by Gasteiger charge is -2.48. The minimum absolute atomic E-state index is 0.0323. The number of hydrogen-bond donors (Lipinski definition) is 2. The van der Waals surface area contributed by atoms with Gasteiger partial charge in [-0.25, -0.2) is 9.67 Å². The van der Waals surface area contributed by atoms with E-state index < -0.39 is 6.55 Å². The van der Waals surface area contributed by atoms with Crippen molar-refractivity contribution in [1.29, 1.82) is 0 Å². The van der Waals surface area contributed by atoms with E-state index in [1.54, 1.807) is 9.47 Å². The number of amides is 2. The van der Waals surface area contributed by atoms with Gasteiger partial charge in [0, 0.05) is 37.6 Å². The summed E-state index contributed by atoms with van der Waals surface area (Å²) in [4.78, 5) is 42.2. The zero-order chi connectivity index (χ0) is 27.9. The molecule has 1 saturated carbocycles. The first-order chi connectivity index (χ1) is 19.3. The second-order valence-electron chi connectivity index (χ2n) is 10.5. The Balaban J connectivity index is 1.17. The van der Waals surface area contributed by atoms with E-state index in [4.69, 9.17) is 4.74 Å². The van der Waals surface area contributed by atoms with Gasteiger partial charge in [-0.3, -0.25) is 14.2 Å². The van der Waals surface area contributed by atoms with Gasteiger partial charge < -0.3 is 25.2 Å². The minimum Gasteiger partial charge on any atom is -0.378 e. The number of alkyl halides is 2. The molecule has 1 aliphatic carbocycles. The van der Waals surface area contributed by atoms with Crippen molar-refractivity contribution in [2.24, 2.45) is 5.41 Å². The summed E-state index contributed by atoms with van der Waals surface area (Å²) in [6.07, 6.45) is 7.98. The molecule has 2 N–H and O–H groups in total. The zero-order valence-electron chi connectivity index (χ0n) is 21.8. The molecule has 13 nitrogen and oxygen atoms in total. The van der Waals surface area contributed by atoms with Crippen molar-refractivity contribution in [3.8, 4) is 5.69 Å². The predicted octanol–water partition coefficient (Wildman–Crippen LogP) is 1.34.